The average Bonchev–Trinajstić information content (AvgIpc) is 3.24. The normalized spacial score (nSPS) is 11.0. The zero-order valence-corrected chi connectivity index (χ0v) is 11.9. The molecular formula is C16H12N2O2S. The summed E-state index contributed by atoms with van der Waals surface area (Å²) < 4.78 is 11.1. The molecule has 0 unspecified atom stereocenters. The first-order valence-electron chi connectivity index (χ1n) is 6.59. The summed E-state index contributed by atoms with van der Waals surface area (Å²) in [6.45, 7) is 0.625. The van der Waals surface area contributed by atoms with Crippen LogP contribution < -0.4 is 5.32 Å². The van der Waals surface area contributed by atoms with Crippen LogP contribution in [0, 0.1) is 0 Å². The Kier molecular flexibility index (Phi) is 2.97. The van der Waals surface area contributed by atoms with E-state index in [9.17, 15) is 0 Å². The largest absolute Gasteiger partial charge is 0.467 e. The molecule has 0 fully saturated rings. The van der Waals surface area contributed by atoms with Crippen molar-refractivity contribution in [2.75, 3.05) is 5.32 Å². The molecule has 0 saturated heterocycles. The van der Waals surface area contributed by atoms with Crippen LogP contribution in [0.1, 0.15) is 5.76 Å². The minimum Gasteiger partial charge on any atom is -0.467 e. The van der Waals surface area contributed by atoms with Crippen LogP contribution in [-0.4, -0.2) is 4.98 Å². The monoisotopic (exact) mass is 296 g/mol. The molecule has 4 rings (SSSR count). The second-order valence-corrected chi connectivity index (χ2v) is 5.48. The quantitative estimate of drug-likeness (QED) is 0.590. The van der Waals surface area contributed by atoms with Crippen molar-refractivity contribution < 1.29 is 8.83 Å². The summed E-state index contributed by atoms with van der Waals surface area (Å²) in [6, 6.07) is 13.8. The summed E-state index contributed by atoms with van der Waals surface area (Å²) >= 11 is 1.55. The molecule has 21 heavy (non-hydrogen) atoms. The van der Waals surface area contributed by atoms with Crippen molar-refractivity contribution in [2.24, 2.45) is 0 Å². The molecule has 0 bridgehead atoms. The van der Waals surface area contributed by atoms with E-state index in [1.165, 1.54) is 0 Å². The Morgan fingerprint density at radius 1 is 1.14 bits per heavy atom. The van der Waals surface area contributed by atoms with E-state index in [2.05, 4.69) is 10.3 Å². The van der Waals surface area contributed by atoms with E-state index in [1.54, 1.807) is 17.6 Å². The highest BCUT2D eigenvalue weighted by molar-refractivity contribution is 7.14. The molecule has 1 N–H and O–H groups in total. The lowest BCUT2D eigenvalue weighted by molar-refractivity contribution is 0.518. The molecule has 0 aliphatic heterocycles. The van der Waals surface area contributed by atoms with Gasteiger partial charge in [0.05, 0.1) is 12.8 Å². The number of thiazole rings is 1. The van der Waals surface area contributed by atoms with E-state index >= 15 is 0 Å². The molecular weight excluding hydrogens is 284 g/mol. The number of anilines is 1. The van der Waals surface area contributed by atoms with Crippen LogP contribution in [0.3, 0.4) is 0 Å². The third-order valence-electron chi connectivity index (χ3n) is 3.18. The highest BCUT2D eigenvalue weighted by Gasteiger charge is 2.10. The predicted molar refractivity (Wildman–Crippen MR) is 83.4 cm³/mol. The van der Waals surface area contributed by atoms with Gasteiger partial charge in [-0.05, 0) is 24.3 Å². The SMILES string of the molecule is c1coc(CNc2nc(-c3cc4ccccc4o3)cs2)c1. The van der Waals surface area contributed by atoms with Crippen molar-refractivity contribution in [2.45, 2.75) is 6.54 Å². The number of aromatic nitrogens is 1. The van der Waals surface area contributed by atoms with Crippen molar-refractivity contribution in [3.05, 3.63) is 59.9 Å². The molecule has 0 radical (unpaired) electrons. The maximum absolute atomic E-state index is 5.82. The van der Waals surface area contributed by atoms with Gasteiger partial charge in [-0.3, -0.25) is 0 Å². The summed E-state index contributed by atoms with van der Waals surface area (Å²) in [5, 5.41) is 7.17. The van der Waals surface area contributed by atoms with Crippen LogP contribution in [0.2, 0.25) is 0 Å². The lowest BCUT2D eigenvalue weighted by atomic mass is 10.2. The van der Waals surface area contributed by atoms with Gasteiger partial charge in [-0.25, -0.2) is 4.98 Å². The number of benzene rings is 1. The third kappa shape index (κ3) is 2.43. The topological polar surface area (TPSA) is 51.2 Å². The first-order chi connectivity index (χ1) is 10.4. The van der Waals surface area contributed by atoms with E-state index in [0.29, 0.717) is 6.54 Å². The zero-order chi connectivity index (χ0) is 14.1. The summed E-state index contributed by atoms with van der Waals surface area (Å²) in [5.41, 5.74) is 1.73. The second-order valence-electron chi connectivity index (χ2n) is 4.62. The van der Waals surface area contributed by atoms with Crippen LogP contribution in [0.15, 0.2) is 62.9 Å². The van der Waals surface area contributed by atoms with Crippen LogP contribution in [0.25, 0.3) is 22.4 Å². The van der Waals surface area contributed by atoms with Gasteiger partial charge < -0.3 is 14.2 Å². The highest BCUT2D eigenvalue weighted by Crippen LogP contribution is 2.30. The van der Waals surface area contributed by atoms with E-state index < -0.39 is 0 Å². The lowest BCUT2D eigenvalue weighted by Crippen LogP contribution is -1.97. The van der Waals surface area contributed by atoms with Crippen molar-refractivity contribution in [3.63, 3.8) is 0 Å². The minimum absolute atomic E-state index is 0.625. The van der Waals surface area contributed by atoms with E-state index in [4.69, 9.17) is 8.83 Å². The first kappa shape index (κ1) is 12.2. The van der Waals surface area contributed by atoms with Gasteiger partial charge in [-0.2, -0.15) is 0 Å². The molecule has 3 aromatic heterocycles. The summed E-state index contributed by atoms with van der Waals surface area (Å²) in [4.78, 5) is 4.55. The predicted octanol–water partition coefficient (Wildman–Crippen LogP) is 4.76. The van der Waals surface area contributed by atoms with Gasteiger partial charge in [0.1, 0.15) is 17.0 Å². The molecule has 3 heterocycles. The number of rotatable bonds is 4. The standard InChI is InChI=1S/C16H12N2O2S/c1-2-6-14-11(4-1)8-15(20-14)13-10-21-16(18-13)17-9-12-5-3-7-19-12/h1-8,10H,9H2,(H,17,18). The molecule has 5 heteroatoms. The number of para-hydroxylation sites is 1. The molecule has 4 nitrogen and oxygen atoms in total. The first-order valence-corrected chi connectivity index (χ1v) is 7.47. The fourth-order valence-corrected chi connectivity index (χ4v) is 2.85. The number of nitrogens with one attached hydrogen (secondary N) is 1. The fourth-order valence-electron chi connectivity index (χ4n) is 2.15. The van der Waals surface area contributed by atoms with Gasteiger partial charge in [0, 0.05) is 10.8 Å². The molecule has 4 aromatic rings. The van der Waals surface area contributed by atoms with E-state index in [-0.39, 0.29) is 0 Å². The van der Waals surface area contributed by atoms with Crippen LogP contribution >= 0.6 is 11.3 Å². The Morgan fingerprint density at radius 2 is 2.10 bits per heavy atom. The number of nitrogens with zero attached hydrogens (tertiary/aromatic N) is 1. The zero-order valence-electron chi connectivity index (χ0n) is 11.1. The molecule has 0 aliphatic rings. The van der Waals surface area contributed by atoms with Gasteiger partial charge in [0.2, 0.25) is 0 Å². The van der Waals surface area contributed by atoms with Gasteiger partial charge in [-0.1, -0.05) is 18.2 Å². The molecule has 0 atom stereocenters. The Morgan fingerprint density at radius 3 is 2.95 bits per heavy atom. The Labute approximate surface area is 125 Å². The molecule has 104 valence electrons. The Hall–Kier alpha value is -2.53. The van der Waals surface area contributed by atoms with E-state index in [1.807, 2.05) is 47.8 Å². The third-order valence-corrected chi connectivity index (χ3v) is 3.98. The maximum atomic E-state index is 5.82. The van der Waals surface area contributed by atoms with Crippen molar-refractivity contribution >= 4 is 27.4 Å². The van der Waals surface area contributed by atoms with Crippen LogP contribution in [0.5, 0.6) is 0 Å². The Balaban J connectivity index is 1.56. The number of fused-ring (bicyclic) bond motifs is 1. The fraction of sp³-hybridized carbons (Fsp3) is 0.0625. The smallest absolute Gasteiger partial charge is 0.183 e. The molecule has 0 amide bonds. The number of furan rings is 2. The van der Waals surface area contributed by atoms with E-state index in [0.717, 1.165) is 33.3 Å². The molecule has 0 aliphatic carbocycles. The van der Waals surface area contributed by atoms with Gasteiger partial charge in [-0.15, -0.1) is 11.3 Å². The Bertz CT molecular complexity index is 828. The average molecular weight is 296 g/mol. The summed E-state index contributed by atoms with van der Waals surface area (Å²) in [6.07, 6.45) is 1.67. The van der Waals surface area contributed by atoms with Crippen LogP contribution in [-0.2, 0) is 6.54 Å². The van der Waals surface area contributed by atoms with Gasteiger partial charge >= 0.3 is 0 Å². The van der Waals surface area contributed by atoms with Gasteiger partial charge in [0.25, 0.3) is 0 Å². The minimum atomic E-state index is 0.625. The second kappa shape index (κ2) is 5.10. The maximum Gasteiger partial charge on any atom is 0.183 e. The summed E-state index contributed by atoms with van der Waals surface area (Å²) in [5.74, 6) is 1.67. The van der Waals surface area contributed by atoms with Gasteiger partial charge in [0.15, 0.2) is 10.9 Å². The molecule has 0 saturated carbocycles. The van der Waals surface area contributed by atoms with Crippen molar-refractivity contribution in [1.29, 1.82) is 0 Å². The van der Waals surface area contributed by atoms with Crippen molar-refractivity contribution in [1.82, 2.24) is 4.98 Å². The molecule has 1 aromatic carbocycles. The number of hydrogen-bond acceptors (Lipinski definition) is 5. The summed E-state index contributed by atoms with van der Waals surface area (Å²) in [7, 11) is 0. The van der Waals surface area contributed by atoms with Crippen LogP contribution in [0.4, 0.5) is 5.13 Å². The molecule has 0 spiro atoms. The highest BCUT2D eigenvalue weighted by atomic mass is 32.1. The lowest BCUT2D eigenvalue weighted by Gasteiger charge is -1.97. The number of hydrogen-bond donors (Lipinski definition) is 1. The van der Waals surface area contributed by atoms with Crippen molar-refractivity contribution in [3.8, 4) is 11.5 Å².